The average Bonchev–Trinajstić information content (AvgIpc) is 2.38. The molecule has 0 fully saturated rings. The van der Waals surface area contributed by atoms with E-state index in [1.54, 1.807) is 19.1 Å². The minimum absolute atomic E-state index is 0.166. The second-order valence-corrected chi connectivity index (χ2v) is 4.11. The van der Waals surface area contributed by atoms with Crippen molar-refractivity contribution in [2.75, 3.05) is 13.2 Å². The Morgan fingerprint density at radius 1 is 1.37 bits per heavy atom. The first-order chi connectivity index (χ1) is 9.13. The van der Waals surface area contributed by atoms with Crippen molar-refractivity contribution in [3.63, 3.8) is 0 Å². The summed E-state index contributed by atoms with van der Waals surface area (Å²) >= 11 is 5.94. The number of rotatable bonds is 6. The molecule has 5 heteroatoms. The standard InChI is InChI=1S/C14H16ClNO3/c1-2-19-14(18)9-10-16-13(17)8-7-11-5-3-4-6-12(11)15/h3-8H,2,9-10H2,1H3,(H,16,17)/b8-7+. The van der Waals surface area contributed by atoms with Gasteiger partial charge in [0.25, 0.3) is 0 Å². The van der Waals surface area contributed by atoms with E-state index in [0.29, 0.717) is 11.6 Å². The molecule has 0 saturated carbocycles. The van der Waals surface area contributed by atoms with Gasteiger partial charge in [0.15, 0.2) is 0 Å². The summed E-state index contributed by atoms with van der Waals surface area (Å²) in [6.07, 6.45) is 3.17. The zero-order chi connectivity index (χ0) is 14.1. The molecule has 0 aliphatic rings. The lowest BCUT2D eigenvalue weighted by atomic mass is 10.2. The molecule has 0 spiro atoms. The van der Waals surface area contributed by atoms with E-state index in [-0.39, 0.29) is 24.8 Å². The van der Waals surface area contributed by atoms with Gasteiger partial charge in [-0.3, -0.25) is 9.59 Å². The number of hydrogen-bond acceptors (Lipinski definition) is 3. The highest BCUT2D eigenvalue weighted by molar-refractivity contribution is 6.32. The molecule has 0 saturated heterocycles. The van der Waals surface area contributed by atoms with E-state index in [1.165, 1.54) is 6.08 Å². The van der Waals surface area contributed by atoms with Crippen LogP contribution in [0.2, 0.25) is 5.02 Å². The molecule has 1 N–H and O–H groups in total. The van der Waals surface area contributed by atoms with Crippen molar-refractivity contribution in [3.8, 4) is 0 Å². The normalized spacial score (nSPS) is 10.4. The van der Waals surface area contributed by atoms with Gasteiger partial charge < -0.3 is 10.1 Å². The topological polar surface area (TPSA) is 55.4 Å². The van der Waals surface area contributed by atoms with E-state index in [9.17, 15) is 9.59 Å². The molecule has 0 bridgehead atoms. The number of nitrogens with one attached hydrogen (secondary N) is 1. The quantitative estimate of drug-likeness (QED) is 0.643. The van der Waals surface area contributed by atoms with Gasteiger partial charge in [0.05, 0.1) is 13.0 Å². The maximum absolute atomic E-state index is 11.5. The van der Waals surface area contributed by atoms with Gasteiger partial charge in [-0.1, -0.05) is 29.8 Å². The fraction of sp³-hybridized carbons (Fsp3) is 0.286. The summed E-state index contributed by atoms with van der Waals surface area (Å²) in [5, 5.41) is 3.17. The molecule has 0 atom stereocenters. The van der Waals surface area contributed by atoms with Gasteiger partial charge in [-0.05, 0) is 24.6 Å². The van der Waals surface area contributed by atoms with Crippen molar-refractivity contribution in [3.05, 3.63) is 40.9 Å². The molecular weight excluding hydrogens is 266 g/mol. The number of carbonyl (C=O) groups excluding carboxylic acids is 2. The number of amides is 1. The van der Waals surface area contributed by atoms with Crippen LogP contribution in [-0.4, -0.2) is 25.0 Å². The van der Waals surface area contributed by atoms with Gasteiger partial charge in [0.2, 0.25) is 5.91 Å². The smallest absolute Gasteiger partial charge is 0.307 e. The second-order valence-electron chi connectivity index (χ2n) is 3.70. The maximum Gasteiger partial charge on any atom is 0.307 e. The van der Waals surface area contributed by atoms with Crippen molar-refractivity contribution in [2.24, 2.45) is 0 Å². The molecule has 0 radical (unpaired) electrons. The molecule has 0 aliphatic heterocycles. The monoisotopic (exact) mass is 281 g/mol. The summed E-state index contributed by atoms with van der Waals surface area (Å²) in [4.78, 5) is 22.5. The van der Waals surface area contributed by atoms with Crippen molar-refractivity contribution in [2.45, 2.75) is 13.3 Å². The number of halogens is 1. The lowest BCUT2D eigenvalue weighted by Crippen LogP contribution is -2.24. The van der Waals surface area contributed by atoms with E-state index >= 15 is 0 Å². The van der Waals surface area contributed by atoms with Gasteiger partial charge in [-0.15, -0.1) is 0 Å². The van der Waals surface area contributed by atoms with Crippen LogP contribution in [0.25, 0.3) is 6.08 Å². The Labute approximate surface area is 117 Å². The van der Waals surface area contributed by atoms with Crippen LogP contribution < -0.4 is 5.32 Å². The first-order valence-electron chi connectivity index (χ1n) is 5.99. The number of esters is 1. The van der Waals surface area contributed by atoms with Gasteiger partial charge in [-0.2, -0.15) is 0 Å². The lowest BCUT2D eigenvalue weighted by molar-refractivity contribution is -0.142. The highest BCUT2D eigenvalue weighted by Crippen LogP contribution is 2.15. The van der Waals surface area contributed by atoms with Crippen molar-refractivity contribution in [1.82, 2.24) is 5.32 Å². The Balaban J connectivity index is 2.35. The first-order valence-corrected chi connectivity index (χ1v) is 6.37. The SMILES string of the molecule is CCOC(=O)CCNC(=O)/C=C/c1ccccc1Cl. The maximum atomic E-state index is 11.5. The van der Waals surface area contributed by atoms with Crippen LogP contribution in [0, 0.1) is 0 Å². The Morgan fingerprint density at radius 2 is 2.11 bits per heavy atom. The van der Waals surface area contributed by atoms with E-state index in [1.807, 2.05) is 18.2 Å². The predicted molar refractivity (Wildman–Crippen MR) is 74.7 cm³/mol. The molecule has 0 aromatic heterocycles. The number of hydrogen-bond donors (Lipinski definition) is 1. The summed E-state index contributed by atoms with van der Waals surface area (Å²) in [6, 6.07) is 7.22. The number of ether oxygens (including phenoxy) is 1. The molecule has 1 rings (SSSR count). The summed E-state index contributed by atoms with van der Waals surface area (Å²) in [5.41, 5.74) is 0.768. The highest BCUT2D eigenvalue weighted by Gasteiger charge is 2.02. The summed E-state index contributed by atoms with van der Waals surface area (Å²) in [5.74, 6) is -0.595. The minimum atomic E-state index is -0.321. The molecule has 1 amide bonds. The first kappa shape index (κ1) is 15.2. The number of benzene rings is 1. The molecule has 1 aromatic carbocycles. The Bertz CT molecular complexity index is 472. The summed E-state index contributed by atoms with van der Waals surface area (Å²) in [6.45, 7) is 2.34. The van der Waals surface area contributed by atoms with Crippen LogP contribution in [0.4, 0.5) is 0 Å². The van der Waals surface area contributed by atoms with E-state index in [4.69, 9.17) is 16.3 Å². The number of carbonyl (C=O) groups is 2. The largest absolute Gasteiger partial charge is 0.466 e. The average molecular weight is 282 g/mol. The van der Waals surface area contributed by atoms with Crippen LogP contribution >= 0.6 is 11.6 Å². The zero-order valence-corrected chi connectivity index (χ0v) is 11.4. The predicted octanol–water partition coefficient (Wildman–Crippen LogP) is 2.42. The lowest BCUT2D eigenvalue weighted by Gasteiger charge is -2.02. The zero-order valence-electron chi connectivity index (χ0n) is 10.7. The Morgan fingerprint density at radius 3 is 2.79 bits per heavy atom. The van der Waals surface area contributed by atoms with Crippen molar-refractivity contribution >= 4 is 29.6 Å². The van der Waals surface area contributed by atoms with Crippen molar-refractivity contribution < 1.29 is 14.3 Å². The van der Waals surface area contributed by atoms with Gasteiger partial charge in [-0.25, -0.2) is 0 Å². The molecule has 19 heavy (non-hydrogen) atoms. The summed E-state index contributed by atoms with van der Waals surface area (Å²) in [7, 11) is 0. The fourth-order valence-electron chi connectivity index (χ4n) is 1.36. The van der Waals surface area contributed by atoms with Crippen LogP contribution in [0.5, 0.6) is 0 Å². The van der Waals surface area contributed by atoms with Crippen LogP contribution in [0.1, 0.15) is 18.9 Å². The van der Waals surface area contributed by atoms with Gasteiger partial charge in [0.1, 0.15) is 0 Å². The van der Waals surface area contributed by atoms with Crippen LogP contribution in [-0.2, 0) is 14.3 Å². The van der Waals surface area contributed by atoms with Crippen LogP contribution in [0.3, 0.4) is 0 Å². The highest BCUT2D eigenvalue weighted by atomic mass is 35.5. The Hall–Kier alpha value is -1.81. The molecule has 0 aliphatic carbocycles. The van der Waals surface area contributed by atoms with E-state index < -0.39 is 0 Å². The van der Waals surface area contributed by atoms with E-state index in [0.717, 1.165) is 5.56 Å². The third kappa shape index (κ3) is 6.06. The second kappa shape index (κ2) is 8.32. The molecule has 102 valence electrons. The molecule has 0 unspecified atom stereocenters. The molecule has 0 heterocycles. The fourth-order valence-corrected chi connectivity index (χ4v) is 1.55. The van der Waals surface area contributed by atoms with Crippen molar-refractivity contribution in [1.29, 1.82) is 0 Å². The summed E-state index contributed by atoms with van der Waals surface area (Å²) < 4.78 is 4.74. The molecular formula is C14H16ClNO3. The van der Waals surface area contributed by atoms with Crippen LogP contribution in [0.15, 0.2) is 30.3 Å². The Kier molecular flexibility index (Phi) is 6.68. The van der Waals surface area contributed by atoms with Gasteiger partial charge in [0, 0.05) is 17.6 Å². The minimum Gasteiger partial charge on any atom is -0.466 e. The molecule has 1 aromatic rings. The third-order valence-electron chi connectivity index (χ3n) is 2.25. The van der Waals surface area contributed by atoms with Gasteiger partial charge >= 0.3 is 5.97 Å². The third-order valence-corrected chi connectivity index (χ3v) is 2.60. The van der Waals surface area contributed by atoms with E-state index in [2.05, 4.69) is 5.32 Å². The molecule has 4 nitrogen and oxygen atoms in total.